The SMILES string of the molecule is COc1ccc(CNN(Cc2cccc3c2Cc2ccccc2-3)C(=O)O)cc1. The van der Waals surface area contributed by atoms with E-state index in [1.165, 1.54) is 27.3 Å². The first-order valence-electron chi connectivity index (χ1n) is 9.21. The molecule has 1 aliphatic carbocycles. The molecule has 0 spiro atoms. The van der Waals surface area contributed by atoms with Gasteiger partial charge in [-0.25, -0.2) is 15.2 Å². The van der Waals surface area contributed by atoms with Gasteiger partial charge in [0.2, 0.25) is 0 Å². The molecule has 4 rings (SSSR count). The van der Waals surface area contributed by atoms with Crippen LogP contribution in [0.4, 0.5) is 4.79 Å². The van der Waals surface area contributed by atoms with E-state index in [0.29, 0.717) is 13.1 Å². The number of nitrogens with one attached hydrogen (secondary N) is 1. The van der Waals surface area contributed by atoms with Crippen LogP contribution in [0.15, 0.2) is 66.7 Å². The number of methoxy groups -OCH3 is 1. The third kappa shape index (κ3) is 3.57. The standard InChI is InChI=1S/C23H22N2O3/c1-28-19-11-9-16(10-12-19)14-24-25(23(26)27)15-18-6-4-8-21-20-7-3-2-5-17(20)13-22(18)21/h2-12,24H,13-15H2,1H3,(H,26,27). The second-order valence-electron chi connectivity index (χ2n) is 6.83. The van der Waals surface area contributed by atoms with Gasteiger partial charge in [0, 0.05) is 6.54 Å². The van der Waals surface area contributed by atoms with Gasteiger partial charge in [0.15, 0.2) is 0 Å². The summed E-state index contributed by atoms with van der Waals surface area (Å²) in [5.74, 6) is 0.776. The molecule has 0 radical (unpaired) electrons. The average molecular weight is 374 g/mol. The molecular weight excluding hydrogens is 352 g/mol. The molecule has 3 aromatic carbocycles. The van der Waals surface area contributed by atoms with E-state index >= 15 is 0 Å². The highest BCUT2D eigenvalue weighted by Crippen LogP contribution is 2.38. The van der Waals surface area contributed by atoms with E-state index in [1.807, 2.05) is 48.5 Å². The van der Waals surface area contributed by atoms with Gasteiger partial charge in [-0.1, -0.05) is 54.6 Å². The zero-order chi connectivity index (χ0) is 19.5. The second-order valence-corrected chi connectivity index (χ2v) is 6.83. The van der Waals surface area contributed by atoms with Crippen LogP contribution >= 0.6 is 0 Å². The summed E-state index contributed by atoms with van der Waals surface area (Å²) in [5.41, 5.74) is 9.98. The van der Waals surface area contributed by atoms with Crippen LogP contribution in [0.3, 0.4) is 0 Å². The molecule has 3 aromatic rings. The molecule has 0 fully saturated rings. The Morgan fingerprint density at radius 3 is 2.54 bits per heavy atom. The molecule has 28 heavy (non-hydrogen) atoms. The summed E-state index contributed by atoms with van der Waals surface area (Å²) >= 11 is 0. The lowest BCUT2D eigenvalue weighted by atomic mass is 10.0. The number of hydrogen-bond acceptors (Lipinski definition) is 3. The number of benzene rings is 3. The van der Waals surface area contributed by atoms with Crippen molar-refractivity contribution in [3.63, 3.8) is 0 Å². The van der Waals surface area contributed by atoms with Crippen molar-refractivity contribution in [1.82, 2.24) is 10.4 Å². The van der Waals surface area contributed by atoms with Gasteiger partial charge in [-0.2, -0.15) is 0 Å². The molecule has 1 amide bonds. The van der Waals surface area contributed by atoms with E-state index in [-0.39, 0.29) is 0 Å². The molecule has 142 valence electrons. The number of carbonyl (C=O) groups is 1. The van der Waals surface area contributed by atoms with Gasteiger partial charge in [0.05, 0.1) is 13.7 Å². The Morgan fingerprint density at radius 2 is 1.79 bits per heavy atom. The maximum atomic E-state index is 11.8. The monoisotopic (exact) mass is 374 g/mol. The fourth-order valence-electron chi connectivity index (χ4n) is 3.66. The van der Waals surface area contributed by atoms with Crippen LogP contribution in [0.5, 0.6) is 5.75 Å². The summed E-state index contributed by atoms with van der Waals surface area (Å²) in [6.45, 7) is 0.716. The first kappa shape index (κ1) is 18.1. The zero-order valence-corrected chi connectivity index (χ0v) is 15.7. The fraction of sp³-hybridized carbons (Fsp3) is 0.174. The van der Waals surface area contributed by atoms with E-state index in [4.69, 9.17) is 4.74 Å². The lowest BCUT2D eigenvalue weighted by Gasteiger charge is -2.22. The molecule has 1 aliphatic rings. The lowest BCUT2D eigenvalue weighted by Crippen LogP contribution is -2.41. The number of hydrogen-bond donors (Lipinski definition) is 2. The molecule has 0 unspecified atom stereocenters. The average Bonchev–Trinajstić information content (AvgIpc) is 3.11. The van der Waals surface area contributed by atoms with Crippen molar-refractivity contribution in [2.24, 2.45) is 0 Å². The van der Waals surface area contributed by atoms with Gasteiger partial charge in [-0.15, -0.1) is 0 Å². The Bertz CT molecular complexity index is 999. The predicted molar refractivity (Wildman–Crippen MR) is 108 cm³/mol. The minimum absolute atomic E-state index is 0.294. The van der Waals surface area contributed by atoms with E-state index in [0.717, 1.165) is 23.3 Å². The van der Waals surface area contributed by atoms with Gasteiger partial charge < -0.3 is 9.84 Å². The minimum Gasteiger partial charge on any atom is -0.497 e. The van der Waals surface area contributed by atoms with Crippen LogP contribution in [-0.4, -0.2) is 23.3 Å². The van der Waals surface area contributed by atoms with E-state index in [1.54, 1.807) is 7.11 Å². The van der Waals surface area contributed by atoms with Gasteiger partial charge >= 0.3 is 6.09 Å². The smallest absolute Gasteiger partial charge is 0.422 e. The summed E-state index contributed by atoms with van der Waals surface area (Å²) in [6, 6.07) is 22.0. The highest BCUT2D eigenvalue weighted by Gasteiger charge is 2.22. The quantitative estimate of drug-likeness (QED) is 0.490. The summed E-state index contributed by atoms with van der Waals surface area (Å²) in [5, 5.41) is 10.9. The maximum Gasteiger partial charge on any atom is 0.422 e. The molecule has 5 heteroatoms. The number of amides is 1. The van der Waals surface area contributed by atoms with Crippen LogP contribution in [0.1, 0.15) is 22.3 Å². The third-order valence-electron chi connectivity index (χ3n) is 5.14. The first-order chi connectivity index (χ1) is 13.7. The van der Waals surface area contributed by atoms with Gasteiger partial charge in [0.1, 0.15) is 5.75 Å². The zero-order valence-electron chi connectivity index (χ0n) is 15.7. The number of hydrazine groups is 1. The van der Waals surface area contributed by atoms with Gasteiger partial charge in [-0.3, -0.25) is 0 Å². The van der Waals surface area contributed by atoms with Crippen LogP contribution in [0.25, 0.3) is 11.1 Å². The molecule has 0 aliphatic heterocycles. The summed E-state index contributed by atoms with van der Waals surface area (Å²) in [7, 11) is 1.62. The summed E-state index contributed by atoms with van der Waals surface area (Å²) in [4.78, 5) is 11.8. The molecule has 0 atom stereocenters. The van der Waals surface area contributed by atoms with Crippen molar-refractivity contribution >= 4 is 6.09 Å². The second kappa shape index (κ2) is 7.74. The molecular formula is C23H22N2O3. The summed E-state index contributed by atoms with van der Waals surface area (Å²) in [6.07, 6.45) is -0.158. The maximum absolute atomic E-state index is 11.8. The largest absolute Gasteiger partial charge is 0.497 e. The highest BCUT2D eigenvalue weighted by atomic mass is 16.5. The van der Waals surface area contributed by atoms with Crippen molar-refractivity contribution in [2.45, 2.75) is 19.5 Å². The van der Waals surface area contributed by atoms with Crippen molar-refractivity contribution in [3.8, 4) is 16.9 Å². The Labute approximate surface area is 164 Å². The lowest BCUT2D eigenvalue weighted by molar-refractivity contribution is 0.114. The molecule has 0 bridgehead atoms. The van der Waals surface area contributed by atoms with E-state index in [9.17, 15) is 9.90 Å². The van der Waals surface area contributed by atoms with Gasteiger partial charge in [-0.05, 0) is 51.9 Å². The Balaban J connectivity index is 1.51. The first-order valence-corrected chi connectivity index (χ1v) is 9.21. The molecule has 2 N–H and O–H groups in total. The molecule has 5 nitrogen and oxygen atoms in total. The topological polar surface area (TPSA) is 61.8 Å². The number of nitrogens with zero attached hydrogens (tertiary/aromatic N) is 1. The van der Waals surface area contributed by atoms with Crippen LogP contribution in [0, 0.1) is 0 Å². The third-order valence-corrected chi connectivity index (χ3v) is 5.14. The van der Waals surface area contributed by atoms with E-state index in [2.05, 4.69) is 23.6 Å². The molecule has 0 saturated heterocycles. The number of ether oxygens (including phenoxy) is 1. The normalized spacial score (nSPS) is 11.6. The van der Waals surface area contributed by atoms with Crippen LogP contribution < -0.4 is 10.2 Å². The molecule has 0 aromatic heterocycles. The van der Waals surface area contributed by atoms with Crippen LogP contribution in [-0.2, 0) is 19.5 Å². The Kier molecular flexibility index (Phi) is 5.00. The van der Waals surface area contributed by atoms with Crippen LogP contribution in [0.2, 0.25) is 0 Å². The van der Waals surface area contributed by atoms with Crippen molar-refractivity contribution in [3.05, 3.63) is 89.0 Å². The van der Waals surface area contributed by atoms with E-state index < -0.39 is 6.09 Å². The molecule has 0 saturated carbocycles. The van der Waals surface area contributed by atoms with Crippen molar-refractivity contribution in [2.75, 3.05) is 7.11 Å². The minimum atomic E-state index is -0.998. The molecule has 0 heterocycles. The van der Waals surface area contributed by atoms with Gasteiger partial charge in [0.25, 0.3) is 0 Å². The number of carboxylic acid groups (broad SMARTS) is 1. The van der Waals surface area contributed by atoms with Crippen molar-refractivity contribution < 1.29 is 14.6 Å². The number of rotatable bonds is 6. The Hall–Kier alpha value is -3.31. The highest BCUT2D eigenvalue weighted by molar-refractivity contribution is 5.78. The predicted octanol–water partition coefficient (Wildman–Crippen LogP) is 4.45. The number of fused-ring (bicyclic) bond motifs is 3. The van der Waals surface area contributed by atoms with Crippen molar-refractivity contribution in [1.29, 1.82) is 0 Å². The Morgan fingerprint density at radius 1 is 1.04 bits per heavy atom. The fourth-order valence-corrected chi connectivity index (χ4v) is 3.66. The summed E-state index contributed by atoms with van der Waals surface area (Å²) < 4.78 is 5.16.